The van der Waals surface area contributed by atoms with E-state index in [4.69, 9.17) is 6.57 Å². The minimum Gasteiger partial charge on any atom is -0.371 e. The van der Waals surface area contributed by atoms with E-state index in [-0.39, 0.29) is 29.0 Å². The van der Waals surface area contributed by atoms with Crippen molar-refractivity contribution >= 4 is 29.3 Å². The quantitative estimate of drug-likeness (QED) is 0.344. The SMILES string of the molecule is [C-]#[N+]c1ccc(N2CC3(CCN(c4ccc(C(=O)N5CCC(C=O)CC5)cc4)CC3)C[C@@H]2C)cc1C(F)(F)F. The Balaban J connectivity index is 1.21. The van der Waals surface area contributed by atoms with Gasteiger partial charge in [0.1, 0.15) is 6.29 Å². The van der Waals surface area contributed by atoms with Crippen LogP contribution in [0.4, 0.5) is 30.2 Å². The zero-order valence-corrected chi connectivity index (χ0v) is 22.1. The van der Waals surface area contributed by atoms with Crippen LogP contribution in [0.1, 0.15) is 54.9 Å². The predicted molar refractivity (Wildman–Crippen MR) is 144 cm³/mol. The summed E-state index contributed by atoms with van der Waals surface area (Å²) in [6.45, 7) is 12.8. The number of hydrogen-bond acceptors (Lipinski definition) is 4. The fourth-order valence-electron chi connectivity index (χ4n) is 6.53. The lowest BCUT2D eigenvalue weighted by Crippen LogP contribution is -2.41. The first-order valence-corrected chi connectivity index (χ1v) is 13.6. The number of benzene rings is 2. The Labute approximate surface area is 227 Å². The topological polar surface area (TPSA) is 48.2 Å². The average Bonchev–Trinajstić information content (AvgIpc) is 3.27. The lowest BCUT2D eigenvalue weighted by molar-refractivity contribution is -0.136. The van der Waals surface area contributed by atoms with Crippen molar-refractivity contribution in [3.8, 4) is 0 Å². The Hall–Kier alpha value is -3.54. The molecule has 1 amide bonds. The van der Waals surface area contributed by atoms with Gasteiger partial charge in [0.05, 0.1) is 12.1 Å². The molecule has 39 heavy (non-hydrogen) atoms. The largest absolute Gasteiger partial charge is 0.407 e. The van der Waals surface area contributed by atoms with Crippen molar-refractivity contribution in [2.45, 2.75) is 51.2 Å². The number of nitrogens with zero attached hydrogens (tertiary/aromatic N) is 4. The van der Waals surface area contributed by atoms with Gasteiger partial charge >= 0.3 is 6.18 Å². The molecule has 6 nitrogen and oxygen atoms in total. The van der Waals surface area contributed by atoms with Gasteiger partial charge in [-0.1, -0.05) is 6.07 Å². The minimum absolute atomic E-state index is 0.00152. The molecule has 0 N–H and O–H groups in total. The second-order valence-corrected chi connectivity index (χ2v) is 11.3. The van der Waals surface area contributed by atoms with Crippen LogP contribution in [0.2, 0.25) is 0 Å². The summed E-state index contributed by atoms with van der Waals surface area (Å²) in [7, 11) is 0. The normalized spacial score (nSPS) is 21.7. The summed E-state index contributed by atoms with van der Waals surface area (Å²) in [5, 5.41) is 0. The fraction of sp³-hybridized carbons (Fsp3) is 0.500. The summed E-state index contributed by atoms with van der Waals surface area (Å²) in [5.74, 6) is 0.0537. The van der Waals surface area contributed by atoms with E-state index in [9.17, 15) is 22.8 Å². The summed E-state index contributed by atoms with van der Waals surface area (Å²) in [6.07, 6.45) is 0.652. The van der Waals surface area contributed by atoms with Gasteiger partial charge < -0.3 is 19.5 Å². The number of hydrogen-bond donors (Lipinski definition) is 0. The highest BCUT2D eigenvalue weighted by atomic mass is 19.4. The molecule has 0 unspecified atom stereocenters. The maximum Gasteiger partial charge on any atom is 0.407 e. The molecule has 5 rings (SSSR count). The van der Waals surface area contributed by atoms with Gasteiger partial charge in [-0.2, -0.15) is 13.2 Å². The van der Waals surface area contributed by atoms with Crippen LogP contribution in [0.3, 0.4) is 0 Å². The van der Waals surface area contributed by atoms with Gasteiger partial charge in [-0.3, -0.25) is 4.79 Å². The van der Waals surface area contributed by atoms with E-state index in [2.05, 4.69) is 21.6 Å². The number of amides is 1. The van der Waals surface area contributed by atoms with Crippen LogP contribution in [0, 0.1) is 17.9 Å². The number of likely N-dealkylation sites (tertiary alicyclic amines) is 1. The second kappa shape index (κ2) is 10.6. The first kappa shape index (κ1) is 27.0. The maximum atomic E-state index is 13.5. The lowest BCUT2D eigenvalue weighted by atomic mass is 9.76. The van der Waals surface area contributed by atoms with Crippen LogP contribution in [0.15, 0.2) is 42.5 Å². The van der Waals surface area contributed by atoms with Gasteiger partial charge in [-0.25, -0.2) is 4.85 Å². The van der Waals surface area contributed by atoms with Crippen LogP contribution in [-0.4, -0.2) is 55.9 Å². The van der Waals surface area contributed by atoms with E-state index in [0.29, 0.717) is 43.7 Å². The Morgan fingerprint density at radius 3 is 2.26 bits per heavy atom. The summed E-state index contributed by atoms with van der Waals surface area (Å²) in [6, 6.07) is 11.9. The minimum atomic E-state index is -4.56. The number of rotatable bonds is 4. The highest BCUT2D eigenvalue weighted by Gasteiger charge is 2.44. The molecule has 9 heteroatoms. The number of piperidine rings is 2. The van der Waals surface area contributed by atoms with E-state index < -0.39 is 11.7 Å². The molecule has 0 aliphatic carbocycles. The van der Waals surface area contributed by atoms with Gasteiger partial charge in [0.15, 0.2) is 5.69 Å². The van der Waals surface area contributed by atoms with Crippen molar-refractivity contribution in [2.24, 2.45) is 11.3 Å². The first-order valence-electron chi connectivity index (χ1n) is 13.6. The van der Waals surface area contributed by atoms with Crippen molar-refractivity contribution in [3.63, 3.8) is 0 Å². The Kier molecular flexibility index (Phi) is 7.32. The van der Waals surface area contributed by atoms with Gasteiger partial charge in [0.2, 0.25) is 0 Å². The van der Waals surface area contributed by atoms with E-state index in [1.807, 2.05) is 29.2 Å². The fourth-order valence-corrected chi connectivity index (χ4v) is 6.53. The average molecular weight is 539 g/mol. The van der Waals surface area contributed by atoms with Crippen LogP contribution >= 0.6 is 0 Å². The number of aldehydes is 1. The van der Waals surface area contributed by atoms with Crippen molar-refractivity contribution in [3.05, 3.63) is 65.0 Å². The molecule has 3 aliphatic rings. The highest BCUT2D eigenvalue weighted by molar-refractivity contribution is 5.94. The van der Waals surface area contributed by atoms with E-state index in [1.54, 1.807) is 6.07 Å². The third-order valence-corrected chi connectivity index (χ3v) is 8.83. The predicted octanol–water partition coefficient (Wildman–Crippen LogP) is 6.19. The van der Waals surface area contributed by atoms with Crippen LogP contribution in [-0.2, 0) is 11.0 Å². The Morgan fingerprint density at radius 1 is 1.03 bits per heavy atom. The molecule has 1 atom stereocenters. The maximum absolute atomic E-state index is 13.5. The van der Waals surface area contributed by atoms with E-state index in [1.165, 1.54) is 6.07 Å². The third kappa shape index (κ3) is 5.47. The molecule has 3 heterocycles. The number of anilines is 2. The monoisotopic (exact) mass is 538 g/mol. The van der Waals surface area contributed by atoms with Gasteiger partial charge in [0.25, 0.3) is 5.91 Å². The molecule has 3 saturated heterocycles. The van der Waals surface area contributed by atoms with Crippen molar-refractivity contribution in [1.82, 2.24) is 4.90 Å². The third-order valence-electron chi connectivity index (χ3n) is 8.83. The molecule has 1 spiro atoms. The van der Waals surface area contributed by atoms with E-state index >= 15 is 0 Å². The summed E-state index contributed by atoms with van der Waals surface area (Å²) >= 11 is 0. The number of carbonyl (C=O) groups excluding carboxylic acids is 2. The first-order chi connectivity index (χ1) is 18.6. The van der Waals surface area contributed by atoms with Gasteiger partial charge in [-0.15, -0.1) is 0 Å². The zero-order chi connectivity index (χ0) is 27.8. The molecule has 0 bridgehead atoms. The van der Waals surface area contributed by atoms with Gasteiger partial charge in [-0.05, 0) is 80.8 Å². The molecule has 0 radical (unpaired) electrons. The summed E-state index contributed by atoms with van der Waals surface area (Å²) in [5.41, 5.74) is 1.04. The van der Waals surface area contributed by atoms with Crippen molar-refractivity contribution in [2.75, 3.05) is 42.5 Å². The zero-order valence-electron chi connectivity index (χ0n) is 22.1. The number of carbonyl (C=O) groups is 2. The van der Waals surface area contributed by atoms with Crippen LogP contribution in [0.25, 0.3) is 4.85 Å². The standard InChI is InChI=1S/C30H33F3N4O2/c1-21-18-29(20-37(21)25-7-8-27(34-2)26(17-25)30(31,32)33)11-15-35(16-12-29)24-5-3-23(4-6-24)28(39)36-13-9-22(19-38)10-14-36/h3-8,17,19,21-22H,9-16,18,20H2,1H3/t21-/m0/s1. The molecule has 3 fully saturated rings. The smallest absolute Gasteiger partial charge is 0.371 e. The van der Waals surface area contributed by atoms with Crippen LogP contribution in [0.5, 0.6) is 0 Å². The second-order valence-electron chi connectivity index (χ2n) is 11.3. The molecule has 2 aromatic carbocycles. The van der Waals surface area contributed by atoms with Gasteiger partial charge in [0, 0.05) is 61.6 Å². The molecule has 3 aliphatic heterocycles. The highest BCUT2D eigenvalue weighted by Crippen LogP contribution is 2.47. The Morgan fingerprint density at radius 2 is 1.67 bits per heavy atom. The molecule has 0 aromatic heterocycles. The molecule has 2 aromatic rings. The lowest BCUT2D eigenvalue weighted by Gasteiger charge is -2.40. The molecule has 206 valence electrons. The molecular weight excluding hydrogens is 505 g/mol. The van der Waals surface area contributed by atoms with Crippen molar-refractivity contribution < 1.29 is 22.8 Å². The summed E-state index contributed by atoms with van der Waals surface area (Å²) in [4.78, 5) is 33.1. The van der Waals surface area contributed by atoms with Crippen LogP contribution < -0.4 is 9.80 Å². The van der Waals surface area contributed by atoms with E-state index in [0.717, 1.165) is 50.4 Å². The molecule has 0 saturated carbocycles. The number of halogens is 3. The Bertz CT molecular complexity index is 1250. The molecular formula is C30H33F3N4O2. The summed E-state index contributed by atoms with van der Waals surface area (Å²) < 4.78 is 40.6. The van der Waals surface area contributed by atoms with Crippen molar-refractivity contribution in [1.29, 1.82) is 0 Å². The number of alkyl halides is 3.